The van der Waals surface area contributed by atoms with Gasteiger partial charge in [-0.15, -0.1) is 0 Å². The minimum Gasteiger partial charge on any atom is -0.458 e. The maximum atomic E-state index is 11.4. The van der Waals surface area contributed by atoms with E-state index in [9.17, 15) is 4.79 Å². The first-order chi connectivity index (χ1) is 6.72. The third kappa shape index (κ3) is 3.17. The first-order valence-electron chi connectivity index (χ1n) is 5.26. The highest BCUT2D eigenvalue weighted by molar-refractivity contribution is 7.80. The Morgan fingerprint density at radius 2 is 2.43 bits per heavy atom. The summed E-state index contributed by atoms with van der Waals surface area (Å²) in [6, 6.07) is 0. The zero-order valence-corrected chi connectivity index (χ0v) is 9.61. The van der Waals surface area contributed by atoms with Crippen molar-refractivity contribution in [2.45, 2.75) is 38.2 Å². The van der Waals surface area contributed by atoms with Gasteiger partial charge >= 0.3 is 5.97 Å². The van der Waals surface area contributed by atoms with Crippen LogP contribution in [0.25, 0.3) is 0 Å². The maximum absolute atomic E-state index is 11.4. The van der Waals surface area contributed by atoms with Crippen LogP contribution in [-0.2, 0) is 9.53 Å². The molecule has 3 nitrogen and oxygen atoms in total. The third-order valence-corrected chi connectivity index (χ3v) is 2.95. The molecule has 0 aromatic carbocycles. The van der Waals surface area contributed by atoms with Crippen LogP contribution in [0, 0.1) is 0 Å². The van der Waals surface area contributed by atoms with Crippen molar-refractivity contribution in [1.29, 1.82) is 0 Å². The lowest BCUT2D eigenvalue weighted by Crippen LogP contribution is -2.48. The van der Waals surface area contributed by atoms with Gasteiger partial charge in [-0.3, -0.25) is 4.79 Å². The molecule has 82 valence electrons. The SMILES string of the molecule is CCC1(OC(=O)CCS)CCCNC1. The maximum Gasteiger partial charge on any atom is 0.307 e. The van der Waals surface area contributed by atoms with Gasteiger partial charge in [0.15, 0.2) is 0 Å². The molecular weight excluding hydrogens is 198 g/mol. The first-order valence-corrected chi connectivity index (χ1v) is 5.89. The van der Waals surface area contributed by atoms with Crippen molar-refractivity contribution in [3.63, 3.8) is 0 Å². The van der Waals surface area contributed by atoms with E-state index in [4.69, 9.17) is 4.74 Å². The number of hydrogen-bond acceptors (Lipinski definition) is 4. The first kappa shape index (κ1) is 11.9. The highest BCUT2D eigenvalue weighted by atomic mass is 32.1. The predicted octanol–water partition coefficient (Wildman–Crippen LogP) is 1.38. The Morgan fingerprint density at radius 3 is 2.93 bits per heavy atom. The summed E-state index contributed by atoms with van der Waals surface area (Å²) < 4.78 is 5.52. The fourth-order valence-corrected chi connectivity index (χ4v) is 1.97. The van der Waals surface area contributed by atoms with Crippen LogP contribution in [0.2, 0.25) is 0 Å². The van der Waals surface area contributed by atoms with Gasteiger partial charge in [-0.05, 0) is 25.8 Å². The Labute approximate surface area is 91.0 Å². The van der Waals surface area contributed by atoms with Crippen LogP contribution in [0.15, 0.2) is 0 Å². The third-order valence-electron chi connectivity index (χ3n) is 2.72. The van der Waals surface area contributed by atoms with Gasteiger partial charge in [0.2, 0.25) is 0 Å². The molecule has 0 amide bonds. The van der Waals surface area contributed by atoms with Gasteiger partial charge in [-0.1, -0.05) is 6.92 Å². The quantitative estimate of drug-likeness (QED) is 0.552. The summed E-state index contributed by atoms with van der Waals surface area (Å²) in [5.41, 5.74) is -0.252. The molecule has 1 aliphatic rings. The molecule has 0 aromatic heterocycles. The van der Waals surface area contributed by atoms with Gasteiger partial charge < -0.3 is 10.1 Å². The van der Waals surface area contributed by atoms with E-state index in [1.165, 1.54) is 0 Å². The van der Waals surface area contributed by atoms with E-state index in [1.54, 1.807) is 0 Å². The molecule has 14 heavy (non-hydrogen) atoms. The highest BCUT2D eigenvalue weighted by Crippen LogP contribution is 2.25. The summed E-state index contributed by atoms with van der Waals surface area (Å²) in [5.74, 6) is 0.442. The fourth-order valence-electron chi connectivity index (χ4n) is 1.79. The summed E-state index contributed by atoms with van der Waals surface area (Å²) in [5, 5.41) is 3.28. The summed E-state index contributed by atoms with van der Waals surface area (Å²) >= 11 is 4.02. The van der Waals surface area contributed by atoms with E-state index in [0.29, 0.717) is 12.2 Å². The van der Waals surface area contributed by atoms with Crippen molar-refractivity contribution < 1.29 is 9.53 Å². The predicted molar refractivity (Wildman–Crippen MR) is 59.7 cm³/mol. The second-order valence-corrected chi connectivity index (χ2v) is 4.21. The average Bonchev–Trinajstić information content (AvgIpc) is 2.19. The van der Waals surface area contributed by atoms with Gasteiger partial charge in [0.1, 0.15) is 5.60 Å². The van der Waals surface area contributed by atoms with Crippen molar-refractivity contribution in [3.05, 3.63) is 0 Å². The van der Waals surface area contributed by atoms with Gasteiger partial charge in [0.05, 0.1) is 6.42 Å². The van der Waals surface area contributed by atoms with Gasteiger partial charge in [0, 0.05) is 12.3 Å². The zero-order valence-electron chi connectivity index (χ0n) is 8.71. The molecule has 0 saturated carbocycles. The molecule has 0 spiro atoms. The Hall–Kier alpha value is -0.220. The average molecular weight is 217 g/mol. The lowest BCUT2D eigenvalue weighted by atomic mass is 9.91. The smallest absolute Gasteiger partial charge is 0.307 e. The summed E-state index contributed by atoms with van der Waals surface area (Å²) in [6.07, 6.45) is 3.36. The Kier molecular flexibility index (Phi) is 4.75. The van der Waals surface area contributed by atoms with Crippen LogP contribution in [0.3, 0.4) is 0 Å². The summed E-state index contributed by atoms with van der Waals surface area (Å²) in [6.45, 7) is 3.90. The lowest BCUT2D eigenvalue weighted by molar-refractivity contribution is -0.161. The standard InChI is InChI=1S/C10H19NO2S/c1-2-10(5-3-6-11-8-10)13-9(12)4-7-14/h11,14H,2-8H2,1H3. The van der Waals surface area contributed by atoms with Crippen LogP contribution in [0.5, 0.6) is 0 Å². The van der Waals surface area contributed by atoms with E-state index in [0.717, 1.165) is 32.4 Å². The minimum atomic E-state index is -0.252. The molecule has 1 saturated heterocycles. The van der Waals surface area contributed by atoms with E-state index < -0.39 is 0 Å². The molecule has 1 atom stereocenters. The second kappa shape index (κ2) is 5.61. The summed E-state index contributed by atoms with van der Waals surface area (Å²) in [7, 11) is 0. The van der Waals surface area contributed by atoms with E-state index in [1.807, 2.05) is 0 Å². The lowest BCUT2D eigenvalue weighted by Gasteiger charge is -2.36. The molecule has 0 aromatic rings. The Bertz CT molecular complexity index is 191. The summed E-state index contributed by atoms with van der Waals surface area (Å²) in [4.78, 5) is 11.4. The Morgan fingerprint density at radius 1 is 1.64 bits per heavy atom. The molecule has 1 aliphatic heterocycles. The van der Waals surface area contributed by atoms with Crippen molar-refractivity contribution in [3.8, 4) is 0 Å². The number of ether oxygens (including phenoxy) is 1. The van der Waals surface area contributed by atoms with Crippen molar-refractivity contribution in [1.82, 2.24) is 5.32 Å². The number of hydrogen-bond donors (Lipinski definition) is 2. The van der Waals surface area contributed by atoms with E-state index in [2.05, 4.69) is 24.9 Å². The normalized spacial score (nSPS) is 27.3. The van der Waals surface area contributed by atoms with Crippen LogP contribution in [-0.4, -0.2) is 30.4 Å². The van der Waals surface area contributed by atoms with Gasteiger partial charge in [0.25, 0.3) is 0 Å². The largest absolute Gasteiger partial charge is 0.458 e. The monoisotopic (exact) mass is 217 g/mol. The topological polar surface area (TPSA) is 38.3 Å². The Balaban J connectivity index is 2.47. The molecule has 4 heteroatoms. The number of esters is 1. The second-order valence-electron chi connectivity index (χ2n) is 3.76. The van der Waals surface area contributed by atoms with Crippen LogP contribution in [0.1, 0.15) is 32.6 Å². The molecule has 1 heterocycles. The zero-order chi connectivity index (χ0) is 10.4. The molecule has 0 radical (unpaired) electrons. The molecule has 0 bridgehead atoms. The molecular formula is C10H19NO2S. The van der Waals surface area contributed by atoms with Crippen LogP contribution < -0.4 is 5.32 Å². The number of carbonyl (C=O) groups excluding carboxylic acids is 1. The number of piperidine rings is 1. The van der Waals surface area contributed by atoms with E-state index in [-0.39, 0.29) is 11.6 Å². The van der Waals surface area contributed by atoms with Crippen LogP contribution in [0.4, 0.5) is 0 Å². The molecule has 1 unspecified atom stereocenters. The number of nitrogens with one attached hydrogen (secondary N) is 1. The van der Waals surface area contributed by atoms with Gasteiger partial charge in [-0.2, -0.15) is 12.6 Å². The molecule has 0 aliphatic carbocycles. The number of rotatable bonds is 4. The van der Waals surface area contributed by atoms with Crippen molar-refractivity contribution >= 4 is 18.6 Å². The van der Waals surface area contributed by atoms with Crippen LogP contribution >= 0.6 is 12.6 Å². The number of thiol groups is 1. The number of carbonyl (C=O) groups is 1. The minimum absolute atomic E-state index is 0.120. The molecule has 1 N–H and O–H groups in total. The van der Waals surface area contributed by atoms with Crippen molar-refractivity contribution in [2.75, 3.05) is 18.8 Å². The van der Waals surface area contributed by atoms with Gasteiger partial charge in [-0.25, -0.2) is 0 Å². The molecule has 1 fully saturated rings. The fraction of sp³-hybridized carbons (Fsp3) is 0.900. The highest BCUT2D eigenvalue weighted by Gasteiger charge is 2.33. The van der Waals surface area contributed by atoms with E-state index >= 15 is 0 Å². The van der Waals surface area contributed by atoms with Crippen molar-refractivity contribution in [2.24, 2.45) is 0 Å². The molecule has 1 rings (SSSR count).